The van der Waals surface area contributed by atoms with Crippen LogP contribution in [0.2, 0.25) is 0 Å². The van der Waals surface area contributed by atoms with E-state index in [1.54, 1.807) is 7.11 Å². The molecule has 4 aromatic carbocycles. The molecule has 0 radical (unpaired) electrons. The van der Waals surface area contributed by atoms with Crippen LogP contribution in [0.4, 0.5) is 22.7 Å². The van der Waals surface area contributed by atoms with Crippen molar-refractivity contribution >= 4 is 22.7 Å². The predicted molar refractivity (Wildman–Crippen MR) is 131 cm³/mol. The maximum Gasteiger partial charge on any atom is 0.118 e. The normalized spacial score (nSPS) is 12.4. The van der Waals surface area contributed by atoms with Gasteiger partial charge in [0.15, 0.2) is 0 Å². The molecule has 0 bridgehead atoms. The van der Waals surface area contributed by atoms with Gasteiger partial charge in [-0.25, -0.2) is 0 Å². The minimum Gasteiger partial charge on any atom is -0.497 e. The molecule has 0 aromatic heterocycles. The Bertz CT molecular complexity index is 1240. The van der Waals surface area contributed by atoms with Gasteiger partial charge < -0.3 is 14.5 Å². The first-order valence-electron chi connectivity index (χ1n) is 10.5. The highest BCUT2D eigenvalue weighted by atomic mass is 16.5. The number of rotatable bonds is 3. The molecule has 154 valence electrons. The van der Waals surface area contributed by atoms with Crippen LogP contribution in [0.1, 0.15) is 5.56 Å². The van der Waals surface area contributed by atoms with Gasteiger partial charge in [-0.05, 0) is 65.6 Å². The first-order valence-corrected chi connectivity index (χ1v) is 10.5. The number of hydrogen-bond donors (Lipinski definition) is 0. The second-order valence-corrected chi connectivity index (χ2v) is 8.12. The fraction of sp³-hybridized carbons (Fsp3) is 0.143. The molecule has 0 amide bonds. The summed E-state index contributed by atoms with van der Waals surface area (Å²) in [5.41, 5.74) is 11.0. The Hall–Kier alpha value is -3.72. The first-order chi connectivity index (χ1) is 15.0. The van der Waals surface area contributed by atoms with Crippen molar-refractivity contribution in [2.75, 3.05) is 31.0 Å². The van der Waals surface area contributed by atoms with E-state index in [1.165, 1.54) is 50.6 Å². The number of hydrogen-bond acceptors (Lipinski definition) is 3. The van der Waals surface area contributed by atoms with Crippen molar-refractivity contribution in [3.05, 3.63) is 90.5 Å². The summed E-state index contributed by atoms with van der Waals surface area (Å²) < 4.78 is 5.30. The average Bonchev–Trinajstić information content (AvgIpc) is 2.82. The van der Waals surface area contributed by atoms with E-state index in [1.807, 2.05) is 12.1 Å². The number of nitrogens with zero attached hydrogens (tertiary/aromatic N) is 2. The van der Waals surface area contributed by atoms with Crippen molar-refractivity contribution in [1.29, 1.82) is 0 Å². The molecule has 0 fully saturated rings. The fourth-order valence-corrected chi connectivity index (χ4v) is 4.30. The van der Waals surface area contributed by atoms with Gasteiger partial charge >= 0.3 is 0 Å². The molecule has 5 rings (SSSR count). The molecule has 0 saturated carbocycles. The van der Waals surface area contributed by atoms with Crippen LogP contribution in [0, 0.1) is 6.92 Å². The quantitative estimate of drug-likeness (QED) is 0.358. The van der Waals surface area contributed by atoms with E-state index in [2.05, 4.69) is 104 Å². The third-order valence-electron chi connectivity index (χ3n) is 6.20. The molecule has 3 nitrogen and oxygen atoms in total. The molecule has 0 unspecified atom stereocenters. The number of ether oxygens (including phenoxy) is 1. The average molecular weight is 407 g/mol. The van der Waals surface area contributed by atoms with Crippen LogP contribution >= 0.6 is 0 Å². The van der Waals surface area contributed by atoms with Crippen LogP contribution in [0.3, 0.4) is 0 Å². The summed E-state index contributed by atoms with van der Waals surface area (Å²) >= 11 is 0. The van der Waals surface area contributed by atoms with E-state index in [9.17, 15) is 0 Å². The molecule has 0 aliphatic carbocycles. The monoisotopic (exact) mass is 406 g/mol. The number of benzene rings is 4. The van der Waals surface area contributed by atoms with Crippen molar-refractivity contribution in [1.82, 2.24) is 0 Å². The lowest BCUT2D eigenvalue weighted by Crippen LogP contribution is -2.24. The van der Waals surface area contributed by atoms with Crippen molar-refractivity contribution in [2.45, 2.75) is 6.92 Å². The molecule has 0 atom stereocenters. The van der Waals surface area contributed by atoms with Gasteiger partial charge in [-0.3, -0.25) is 0 Å². The van der Waals surface area contributed by atoms with E-state index in [0.717, 1.165) is 5.75 Å². The van der Waals surface area contributed by atoms with Crippen molar-refractivity contribution in [2.24, 2.45) is 0 Å². The van der Waals surface area contributed by atoms with Gasteiger partial charge in [0.25, 0.3) is 0 Å². The second kappa shape index (κ2) is 7.51. The summed E-state index contributed by atoms with van der Waals surface area (Å²) in [5, 5.41) is 0. The summed E-state index contributed by atoms with van der Waals surface area (Å²) in [6.07, 6.45) is 0. The van der Waals surface area contributed by atoms with Gasteiger partial charge in [0.05, 0.1) is 29.9 Å². The second-order valence-electron chi connectivity index (χ2n) is 8.12. The highest BCUT2D eigenvalue weighted by Crippen LogP contribution is 2.48. The standard InChI is InChI=1S/C28H26N2O/c1-19-5-7-20(8-6-19)22-11-15-25-27(17-22)29(2)26-16-12-23(18-28(26)30(25)3)21-9-13-24(31-4)14-10-21/h5-18H,1-4H3. The topological polar surface area (TPSA) is 15.7 Å². The van der Waals surface area contributed by atoms with Crippen LogP contribution in [-0.4, -0.2) is 21.2 Å². The molecule has 3 heteroatoms. The van der Waals surface area contributed by atoms with Crippen molar-refractivity contribution in [3.8, 4) is 28.0 Å². The summed E-state index contributed by atoms with van der Waals surface area (Å²) in [6.45, 7) is 2.12. The van der Waals surface area contributed by atoms with Crippen LogP contribution < -0.4 is 14.5 Å². The van der Waals surface area contributed by atoms with E-state index in [-0.39, 0.29) is 0 Å². The largest absolute Gasteiger partial charge is 0.497 e. The van der Waals surface area contributed by atoms with Crippen molar-refractivity contribution < 1.29 is 4.74 Å². The molecule has 1 aliphatic rings. The lowest BCUT2D eigenvalue weighted by molar-refractivity contribution is 0.415. The van der Waals surface area contributed by atoms with Gasteiger partial charge in [0.1, 0.15) is 5.75 Å². The Morgan fingerprint density at radius 1 is 0.516 bits per heavy atom. The summed E-state index contributed by atoms with van der Waals surface area (Å²) in [4.78, 5) is 4.58. The maximum atomic E-state index is 5.30. The zero-order chi connectivity index (χ0) is 21.5. The molecule has 0 saturated heterocycles. The van der Waals surface area contributed by atoms with Crippen LogP contribution in [0.5, 0.6) is 5.75 Å². The highest BCUT2D eigenvalue weighted by molar-refractivity contribution is 5.95. The van der Waals surface area contributed by atoms with E-state index in [0.29, 0.717) is 0 Å². The Morgan fingerprint density at radius 2 is 0.935 bits per heavy atom. The van der Waals surface area contributed by atoms with Gasteiger partial charge in [-0.2, -0.15) is 0 Å². The summed E-state index contributed by atoms with van der Waals surface area (Å²) in [5.74, 6) is 0.872. The van der Waals surface area contributed by atoms with Gasteiger partial charge in [-0.1, -0.05) is 54.1 Å². The molecule has 0 N–H and O–H groups in total. The lowest BCUT2D eigenvalue weighted by Gasteiger charge is -2.37. The fourth-order valence-electron chi connectivity index (χ4n) is 4.30. The number of methoxy groups -OCH3 is 1. The van der Waals surface area contributed by atoms with Gasteiger partial charge in [0.2, 0.25) is 0 Å². The maximum absolute atomic E-state index is 5.30. The Balaban J connectivity index is 1.54. The molecular formula is C28H26N2O. The van der Waals surface area contributed by atoms with Crippen LogP contribution in [-0.2, 0) is 0 Å². The Labute approximate surface area is 184 Å². The third-order valence-corrected chi connectivity index (χ3v) is 6.20. The summed E-state index contributed by atoms with van der Waals surface area (Å²) in [6, 6.07) is 30.4. The number of anilines is 4. The minimum atomic E-state index is 0.872. The first kappa shape index (κ1) is 19.3. The van der Waals surface area contributed by atoms with E-state index >= 15 is 0 Å². The minimum absolute atomic E-state index is 0.872. The van der Waals surface area contributed by atoms with Crippen molar-refractivity contribution in [3.63, 3.8) is 0 Å². The third kappa shape index (κ3) is 3.32. The Kier molecular flexibility index (Phi) is 4.67. The SMILES string of the molecule is COc1ccc(-c2ccc3c(c2)N(C)c2ccc(-c4ccc(C)cc4)cc2N3C)cc1. The Morgan fingerprint density at radius 3 is 1.39 bits per heavy atom. The smallest absolute Gasteiger partial charge is 0.118 e. The molecule has 31 heavy (non-hydrogen) atoms. The predicted octanol–water partition coefficient (Wildman–Crippen LogP) is 7.19. The van der Waals surface area contributed by atoms with E-state index < -0.39 is 0 Å². The molecule has 1 heterocycles. The highest BCUT2D eigenvalue weighted by Gasteiger charge is 2.25. The summed E-state index contributed by atoms with van der Waals surface area (Å²) in [7, 11) is 5.99. The molecule has 4 aromatic rings. The van der Waals surface area contributed by atoms with Crippen LogP contribution in [0.15, 0.2) is 84.9 Å². The number of aryl methyl sites for hydroxylation is 1. The zero-order valence-electron chi connectivity index (χ0n) is 18.4. The van der Waals surface area contributed by atoms with Gasteiger partial charge in [-0.15, -0.1) is 0 Å². The number of fused-ring (bicyclic) bond motifs is 2. The lowest BCUT2D eigenvalue weighted by atomic mass is 9.98. The molecular weight excluding hydrogens is 380 g/mol. The van der Waals surface area contributed by atoms with E-state index in [4.69, 9.17) is 4.74 Å². The molecule has 0 spiro atoms. The zero-order valence-corrected chi connectivity index (χ0v) is 18.4. The molecule has 1 aliphatic heterocycles. The van der Waals surface area contributed by atoms with Crippen LogP contribution in [0.25, 0.3) is 22.3 Å². The van der Waals surface area contributed by atoms with Gasteiger partial charge in [0, 0.05) is 14.1 Å².